The van der Waals surface area contributed by atoms with Gasteiger partial charge in [-0.15, -0.1) is 0 Å². The lowest BCUT2D eigenvalue weighted by Crippen LogP contribution is -2.48. The maximum atomic E-state index is 12.6. The number of hydrogen-bond donors (Lipinski definition) is 2. The van der Waals surface area contributed by atoms with Crippen LogP contribution in [0.5, 0.6) is 5.75 Å². The third-order valence-electron chi connectivity index (χ3n) is 5.98. The van der Waals surface area contributed by atoms with E-state index in [1.807, 2.05) is 39.8 Å². The van der Waals surface area contributed by atoms with Crippen molar-refractivity contribution in [2.24, 2.45) is 5.73 Å². The number of anilines is 2. The van der Waals surface area contributed by atoms with Crippen LogP contribution < -0.4 is 20.7 Å². The van der Waals surface area contributed by atoms with Gasteiger partial charge in [-0.2, -0.15) is 5.10 Å². The first kappa shape index (κ1) is 21.4. The molecule has 33 heavy (non-hydrogen) atoms. The first-order valence-corrected chi connectivity index (χ1v) is 11.6. The second kappa shape index (κ2) is 7.58. The number of hydrogen-bond acceptors (Lipinski definition) is 7. The van der Waals surface area contributed by atoms with E-state index in [2.05, 4.69) is 21.4 Å². The monoisotopic (exact) mass is 466 g/mol. The average Bonchev–Trinajstić information content (AvgIpc) is 3.26. The fourth-order valence-electron chi connectivity index (χ4n) is 4.57. The number of thiazole rings is 1. The molecule has 4 heterocycles. The molecular formula is C23H26N6O3S. The van der Waals surface area contributed by atoms with Crippen LogP contribution in [-0.2, 0) is 17.8 Å². The summed E-state index contributed by atoms with van der Waals surface area (Å²) in [6, 6.07) is 6.01. The fourth-order valence-corrected chi connectivity index (χ4v) is 5.58. The van der Waals surface area contributed by atoms with Crippen molar-refractivity contribution in [2.75, 3.05) is 18.1 Å². The number of ether oxygens (including phenoxy) is 1. The van der Waals surface area contributed by atoms with Gasteiger partial charge in [0.25, 0.3) is 5.91 Å². The first-order valence-electron chi connectivity index (χ1n) is 10.8. The molecule has 0 saturated heterocycles. The molecule has 0 fully saturated rings. The number of fused-ring (bicyclic) bond motifs is 2. The Morgan fingerprint density at radius 1 is 1.33 bits per heavy atom. The van der Waals surface area contributed by atoms with Crippen molar-refractivity contribution in [3.63, 3.8) is 0 Å². The molecule has 2 aliphatic rings. The van der Waals surface area contributed by atoms with Crippen molar-refractivity contribution in [1.82, 2.24) is 20.1 Å². The minimum absolute atomic E-state index is 0.0376. The van der Waals surface area contributed by atoms with Gasteiger partial charge < -0.3 is 20.7 Å². The Morgan fingerprint density at radius 3 is 2.88 bits per heavy atom. The smallest absolute Gasteiger partial charge is 0.263 e. The summed E-state index contributed by atoms with van der Waals surface area (Å²) in [7, 11) is 0. The lowest BCUT2D eigenvalue weighted by atomic mass is 9.94. The molecule has 9 nitrogen and oxygen atoms in total. The van der Waals surface area contributed by atoms with E-state index in [0.717, 1.165) is 44.8 Å². The van der Waals surface area contributed by atoms with Crippen LogP contribution in [0.1, 0.15) is 40.6 Å². The van der Waals surface area contributed by atoms with Crippen molar-refractivity contribution >= 4 is 34.0 Å². The molecule has 2 aliphatic heterocycles. The Balaban J connectivity index is 1.56. The van der Waals surface area contributed by atoms with Crippen LogP contribution >= 0.6 is 11.3 Å². The van der Waals surface area contributed by atoms with E-state index in [9.17, 15) is 9.59 Å². The normalized spacial score (nSPS) is 16.6. The summed E-state index contributed by atoms with van der Waals surface area (Å²) in [4.78, 5) is 31.7. The standard InChI is InChI=1S/C23H26N6O3S/c1-12-19(13(2)29(27-12)11-18(24)30)14-5-6-17-16(9-14)28(7-8-32-17)22-25-15-10-23(3,4)26-21(31)20(15)33-22/h5-6,9H,7-8,10-11H2,1-4H3,(H2,24,30)(H,26,31). The Hall–Kier alpha value is -3.40. The van der Waals surface area contributed by atoms with Gasteiger partial charge in [0.1, 0.15) is 23.8 Å². The van der Waals surface area contributed by atoms with Crippen LogP contribution in [0.2, 0.25) is 0 Å². The summed E-state index contributed by atoms with van der Waals surface area (Å²) in [6.45, 7) is 9.06. The summed E-state index contributed by atoms with van der Waals surface area (Å²) in [5.74, 6) is 0.264. The van der Waals surface area contributed by atoms with Gasteiger partial charge in [0.15, 0.2) is 5.13 Å². The van der Waals surface area contributed by atoms with Gasteiger partial charge in [0.05, 0.1) is 23.6 Å². The van der Waals surface area contributed by atoms with Gasteiger partial charge in [-0.05, 0) is 45.4 Å². The molecular weight excluding hydrogens is 440 g/mol. The largest absolute Gasteiger partial charge is 0.490 e. The molecule has 2 amide bonds. The Labute approximate surface area is 195 Å². The maximum absolute atomic E-state index is 12.6. The number of benzene rings is 1. The molecule has 0 saturated carbocycles. The molecule has 0 unspecified atom stereocenters. The number of nitrogens with one attached hydrogen (secondary N) is 1. The van der Waals surface area contributed by atoms with Crippen LogP contribution in [0.25, 0.3) is 11.1 Å². The van der Waals surface area contributed by atoms with E-state index in [1.165, 1.54) is 11.3 Å². The van der Waals surface area contributed by atoms with E-state index in [0.29, 0.717) is 24.4 Å². The summed E-state index contributed by atoms with van der Waals surface area (Å²) < 4.78 is 7.55. The van der Waals surface area contributed by atoms with Gasteiger partial charge in [0, 0.05) is 23.2 Å². The van der Waals surface area contributed by atoms with E-state index < -0.39 is 5.91 Å². The highest BCUT2D eigenvalue weighted by Gasteiger charge is 2.35. The Bertz CT molecular complexity index is 1290. The van der Waals surface area contributed by atoms with Gasteiger partial charge >= 0.3 is 0 Å². The molecule has 0 spiro atoms. The SMILES string of the molecule is Cc1nn(CC(N)=O)c(C)c1-c1ccc2c(c1)N(c1nc3c(s1)C(=O)NC(C)(C)C3)CCO2. The highest BCUT2D eigenvalue weighted by atomic mass is 32.1. The van der Waals surface area contributed by atoms with Crippen molar-refractivity contribution in [2.45, 2.75) is 46.2 Å². The number of nitrogens with zero attached hydrogens (tertiary/aromatic N) is 4. The molecule has 5 rings (SSSR count). The van der Waals surface area contributed by atoms with Gasteiger partial charge in [0.2, 0.25) is 5.91 Å². The number of carbonyl (C=O) groups excluding carboxylic acids is 2. The summed E-state index contributed by atoms with van der Waals surface area (Å²) in [5.41, 5.74) is 10.4. The lowest BCUT2D eigenvalue weighted by molar-refractivity contribution is -0.118. The van der Waals surface area contributed by atoms with Crippen LogP contribution in [0, 0.1) is 13.8 Å². The predicted octanol–water partition coefficient (Wildman–Crippen LogP) is 2.70. The van der Waals surface area contributed by atoms with Gasteiger partial charge in [-0.3, -0.25) is 14.3 Å². The lowest BCUT2D eigenvalue weighted by Gasteiger charge is -2.30. The molecule has 3 aromatic rings. The summed E-state index contributed by atoms with van der Waals surface area (Å²) in [6.07, 6.45) is 0.694. The number of rotatable bonds is 4. The predicted molar refractivity (Wildman–Crippen MR) is 126 cm³/mol. The minimum Gasteiger partial charge on any atom is -0.490 e. The molecule has 0 aliphatic carbocycles. The number of primary amides is 1. The zero-order valence-corrected chi connectivity index (χ0v) is 19.9. The first-order chi connectivity index (χ1) is 15.6. The number of aromatic nitrogens is 3. The summed E-state index contributed by atoms with van der Waals surface area (Å²) in [5, 5.41) is 8.33. The maximum Gasteiger partial charge on any atom is 0.263 e. The topological polar surface area (TPSA) is 115 Å². The average molecular weight is 467 g/mol. The van der Waals surface area contributed by atoms with Crippen molar-refractivity contribution in [3.05, 3.63) is 40.2 Å². The molecule has 3 N–H and O–H groups in total. The zero-order chi connectivity index (χ0) is 23.5. The second-order valence-electron chi connectivity index (χ2n) is 9.14. The van der Waals surface area contributed by atoms with E-state index >= 15 is 0 Å². The van der Waals surface area contributed by atoms with Crippen LogP contribution in [-0.4, -0.2) is 45.3 Å². The van der Waals surface area contributed by atoms with Crippen LogP contribution in [0.3, 0.4) is 0 Å². The summed E-state index contributed by atoms with van der Waals surface area (Å²) >= 11 is 1.41. The quantitative estimate of drug-likeness (QED) is 0.611. The number of amides is 2. The van der Waals surface area contributed by atoms with Crippen molar-refractivity contribution in [1.29, 1.82) is 0 Å². The third-order valence-corrected chi connectivity index (χ3v) is 7.10. The molecule has 0 radical (unpaired) electrons. The van der Waals surface area contributed by atoms with Gasteiger partial charge in [-0.25, -0.2) is 4.98 Å². The van der Waals surface area contributed by atoms with Gasteiger partial charge in [-0.1, -0.05) is 17.4 Å². The molecule has 2 aromatic heterocycles. The van der Waals surface area contributed by atoms with Crippen molar-refractivity contribution < 1.29 is 14.3 Å². The van der Waals surface area contributed by atoms with E-state index in [-0.39, 0.29) is 18.0 Å². The highest BCUT2D eigenvalue weighted by molar-refractivity contribution is 7.17. The molecule has 0 bridgehead atoms. The van der Waals surface area contributed by atoms with E-state index in [4.69, 9.17) is 15.5 Å². The molecule has 0 atom stereocenters. The molecule has 172 valence electrons. The second-order valence-corrected chi connectivity index (χ2v) is 10.1. The fraction of sp³-hybridized carbons (Fsp3) is 0.391. The molecule has 1 aromatic carbocycles. The Kier molecular flexibility index (Phi) is 4.93. The zero-order valence-electron chi connectivity index (χ0n) is 19.1. The van der Waals surface area contributed by atoms with Crippen LogP contribution in [0.15, 0.2) is 18.2 Å². The number of aryl methyl sites for hydroxylation is 1. The third kappa shape index (κ3) is 3.74. The minimum atomic E-state index is -0.433. The number of nitrogens with two attached hydrogens (primary N) is 1. The van der Waals surface area contributed by atoms with Crippen LogP contribution in [0.4, 0.5) is 10.8 Å². The van der Waals surface area contributed by atoms with Crippen molar-refractivity contribution in [3.8, 4) is 16.9 Å². The highest BCUT2D eigenvalue weighted by Crippen LogP contribution is 2.43. The molecule has 10 heteroatoms. The number of carbonyl (C=O) groups is 2. The van der Waals surface area contributed by atoms with E-state index in [1.54, 1.807) is 4.68 Å². The Morgan fingerprint density at radius 2 is 2.12 bits per heavy atom.